The predicted molar refractivity (Wildman–Crippen MR) is 71.6 cm³/mol. The number of methoxy groups -OCH3 is 1. The Morgan fingerprint density at radius 1 is 1.44 bits per heavy atom. The molecule has 0 aliphatic rings. The van der Waals surface area contributed by atoms with Crippen molar-refractivity contribution in [1.29, 1.82) is 0 Å². The molecule has 0 atom stereocenters. The van der Waals surface area contributed by atoms with Crippen molar-refractivity contribution < 1.29 is 9.26 Å². The van der Waals surface area contributed by atoms with Crippen molar-refractivity contribution in [3.63, 3.8) is 0 Å². The molecule has 2 aromatic rings. The van der Waals surface area contributed by atoms with Crippen LogP contribution in [0.1, 0.15) is 5.82 Å². The first-order valence-corrected chi connectivity index (χ1v) is 6.35. The molecular weight excluding hydrogens is 298 g/mol. The van der Waals surface area contributed by atoms with Crippen molar-refractivity contribution in [2.24, 2.45) is 0 Å². The monoisotopic (exact) mass is 311 g/mol. The van der Waals surface area contributed by atoms with Crippen LogP contribution in [0.15, 0.2) is 27.2 Å². The third kappa shape index (κ3) is 2.88. The highest BCUT2D eigenvalue weighted by Gasteiger charge is 2.12. The lowest BCUT2D eigenvalue weighted by atomic mass is 10.2. The summed E-state index contributed by atoms with van der Waals surface area (Å²) in [5.74, 6) is 1.93. The number of halogens is 1. The van der Waals surface area contributed by atoms with Gasteiger partial charge in [0.15, 0.2) is 5.82 Å². The zero-order chi connectivity index (χ0) is 13.0. The van der Waals surface area contributed by atoms with Crippen LogP contribution in [0.2, 0.25) is 0 Å². The Kier molecular flexibility index (Phi) is 4.33. The van der Waals surface area contributed by atoms with Crippen molar-refractivity contribution in [1.82, 2.24) is 15.5 Å². The molecule has 1 N–H and O–H groups in total. The number of ether oxygens (including phenoxy) is 1. The van der Waals surface area contributed by atoms with E-state index in [1.165, 1.54) is 0 Å². The minimum atomic E-state index is 0.492. The van der Waals surface area contributed by atoms with E-state index >= 15 is 0 Å². The zero-order valence-electron chi connectivity index (χ0n) is 10.2. The number of rotatable bonds is 5. The summed E-state index contributed by atoms with van der Waals surface area (Å²) in [4.78, 5) is 4.35. The van der Waals surface area contributed by atoms with Crippen LogP contribution in [0.5, 0.6) is 5.75 Å². The normalized spacial score (nSPS) is 10.6. The SMILES string of the molecule is CNCCc1noc(-c2cc(OC)ccc2Br)n1. The molecule has 0 bridgehead atoms. The molecule has 1 aromatic carbocycles. The van der Waals surface area contributed by atoms with Crippen molar-refractivity contribution in [2.45, 2.75) is 6.42 Å². The van der Waals surface area contributed by atoms with E-state index in [-0.39, 0.29) is 0 Å². The van der Waals surface area contributed by atoms with E-state index in [0.29, 0.717) is 11.7 Å². The minimum Gasteiger partial charge on any atom is -0.497 e. The number of aromatic nitrogens is 2. The zero-order valence-corrected chi connectivity index (χ0v) is 11.8. The highest BCUT2D eigenvalue weighted by Crippen LogP contribution is 2.30. The molecule has 0 aliphatic heterocycles. The Balaban J connectivity index is 2.27. The van der Waals surface area contributed by atoms with Crippen LogP contribution < -0.4 is 10.1 Å². The number of benzene rings is 1. The highest BCUT2D eigenvalue weighted by molar-refractivity contribution is 9.10. The first-order valence-electron chi connectivity index (χ1n) is 5.55. The molecule has 0 unspecified atom stereocenters. The average molecular weight is 312 g/mol. The largest absolute Gasteiger partial charge is 0.497 e. The number of hydrogen-bond donors (Lipinski definition) is 1. The Morgan fingerprint density at radius 3 is 3.00 bits per heavy atom. The van der Waals surface area contributed by atoms with Gasteiger partial charge in [-0.05, 0) is 41.2 Å². The lowest BCUT2D eigenvalue weighted by Gasteiger charge is -2.02. The number of nitrogens with one attached hydrogen (secondary N) is 1. The van der Waals surface area contributed by atoms with Gasteiger partial charge in [-0.15, -0.1) is 0 Å². The van der Waals surface area contributed by atoms with Gasteiger partial charge in [0, 0.05) is 17.4 Å². The first-order chi connectivity index (χ1) is 8.74. The van der Waals surface area contributed by atoms with Crippen molar-refractivity contribution in [3.8, 4) is 17.2 Å². The molecule has 5 nitrogen and oxygen atoms in total. The molecule has 0 spiro atoms. The van der Waals surface area contributed by atoms with E-state index in [2.05, 4.69) is 31.4 Å². The molecule has 96 valence electrons. The van der Waals surface area contributed by atoms with Crippen LogP contribution in [-0.4, -0.2) is 30.8 Å². The summed E-state index contributed by atoms with van der Waals surface area (Å²) in [7, 11) is 3.51. The Labute approximate surface area is 114 Å². The summed E-state index contributed by atoms with van der Waals surface area (Å²) in [6.45, 7) is 0.818. The van der Waals surface area contributed by atoms with Gasteiger partial charge in [-0.25, -0.2) is 0 Å². The smallest absolute Gasteiger partial charge is 0.259 e. The van der Waals surface area contributed by atoms with Crippen LogP contribution in [0.4, 0.5) is 0 Å². The van der Waals surface area contributed by atoms with E-state index in [1.54, 1.807) is 7.11 Å². The maximum Gasteiger partial charge on any atom is 0.259 e. The number of likely N-dealkylation sites (N-methyl/N-ethyl adjacent to an activating group) is 1. The maximum atomic E-state index is 5.25. The van der Waals surface area contributed by atoms with Crippen LogP contribution in [0.3, 0.4) is 0 Å². The van der Waals surface area contributed by atoms with Crippen molar-refractivity contribution >= 4 is 15.9 Å². The second-order valence-corrected chi connectivity index (χ2v) is 4.57. The average Bonchev–Trinajstić information content (AvgIpc) is 2.85. The molecule has 0 fully saturated rings. The summed E-state index contributed by atoms with van der Waals surface area (Å²) in [6.07, 6.45) is 0.738. The predicted octanol–water partition coefficient (Wildman–Crippen LogP) is 2.27. The van der Waals surface area contributed by atoms with Gasteiger partial charge in [-0.3, -0.25) is 0 Å². The summed E-state index contributed by atoms with van der Waals surface area (Å²) in [5.41, 5.74) is 0.831. The third-order valence-corrected chi connectivity index (χ3v) is 3.16. The lowest BCUT2D eigenvalue weighted by Crippen LogP contribution is -2.11. The van der Waals surface area contributed by atoms with Gasteiger partial charge in [-0.1, -0.05) is 5.16 Å². The van der Waals surface area contributed by atoms with Crippen molar-refractivity contribution in [3.05, 3.63) is 28.5 Å². The lowest BCUT2D eigenvalue weighted by molar-refractivity contribution is 0.411. The number of hydrogen-bond acceptors (Lipinski definition) is 5. The Bertz CT molecular complexity index is 528. The molecular formula is C12H14BrN3O2. The Hall–Kier alpha value is -1.40. The Morgan fingerprint density at radius 2 is 2.28 bits per heavy atom. The first kappa shape index (κ1) is 13.0. The quantitative estimate of drug-likeness (QED) is 0.918. The molecule has 0 amide bonds. The number of nitrogens with zero attached hydrogens (tertiary/aromatic N) is 2. The fraction of sp³-hybridized carbons (Fsp3) is 0.333. The van der Waals surface area contributed by atoms with Gasteiger partial charge < -0.3 is 14.6 Å². The fourth-order valence-corrected chi connectivity index (χ4v) is 1.91. The molecule has 0 aliphatic carbocycles. The van der Waals surface area contributed by atoms with Gasteiger partial charge in [0.05, 0.1) is 12.7 Å². The van der Waals surface area contributed by atoms with E-state index < -0.39 is 0 Å². The molecule has 2 rings (SSSR count). The van der Waals surface area contributed by atoms with Crippen LogP contribution in [0, 0.1) is 0 Å². The minimum absolute atomic E-state index is 0.492. The molecule has 1 heterocycles. The van der Waals surface area contributed by atoms with E-state index in [4.69, 9.17) is 9.26 Å². The molecule has 18 heavy (non-hydrogen) atoms. The summed E-state index contributed by atoms with van der Waals surface area (Å²) in [5, 5.41) is 6.98. The highest BCUT2D eigenvalue weighted by atomic mass is 79.9. The topological polar surface area (TPSA) is 60.2 Å². The molecule has 0 radical (unpaired) electrons. The van der Waals surface area contributed by atoms with Gasteiger partial charge in [0.25, 0.3) is 5.89 Å². The van der Waals surface area contributed by atoms with Gasteiger partial charge in [0.2, 0.25) is 0 Å². The summed E-state index contributed by atoms with van der Waals surface area (Å²) < 4.78 is 11.3. The van der Waals surface area contributed by atoms with E-state index in [0.717, 1.165) is 28.8 Å². The summed E-state index contributed by atoms with van der Waals surface area (Å²) in [6, 6.07) is 5.62. The van der Waals surface area contributed by atoms with Gasteiger partial charge in [-0.2, -0.15) is 4.98 Å². The van der Waals surface area contributed by atoms with Crippen LogP contribution in [0.25, 0.3) is 11.5 Å². The van der Waals surface area contributed by atoms with Crippen LogP contribution in [-0.2, 0) is 6.42 Å². The third-order valence-electron chi connectivity index (χ3n) is 2.47. The second-order valence-electron chi connectivity index (χ2n) is 3.72. The van der Waals surface area contributed by atoms with Gasteiger partial charge >= 0.3 is 0 Å². The molecule has 6 heteroatoms. The molecule has 0 saturated heterocycles. The standard InChI is InChI=1S/C12H14BrN3O2/c1-14-6-5-11-15-12(18-16-11)9-7-8(17-2)3-4-10(9)13/h3-4,7,14H,5-6H2,1-2H3. The van der Waals surface area contributed by atoms with Crippen LogP contribution >= 0.6 is 15.9 Å². The van der Waals surface area contributed by atoms with Gasteiger partial charge in [0.1, 0.15) is 5.75 Å². The maximum absolute atomic E-state index is 5.25. The summed E-state index contributed by atoms with van der Waals surface area (Å²) >= 11 is 3.46. The van der Waals surface area contributed by atoms with E-state index in [9.17, 15) is 0 Å². The second kappa shape index (κ2) is 5.97. The molecule has 1 aromatic heterocycles. The van der Waals surface area contributed by atoms with E-state index in [1.807, 2.05) is 25.2 Å². The van der Waals surface area contributed by atoms with Crippen molar-refractivity contribution in [2.75, 3.05) is 20.7 Å². The molecule has 0 saturated carbocycles. The fourth-order valence-electron chi connectivity index (χ4n) is 1.50.